The first-order valence-electron chi connectivity index (χ1n) is 8.76. The van der Waals surface area contributed by atoms with Crippen molar-refractivity contribution in [1.82, 2.24) is 0 Å². The monoisotopic (exact) mass is 409 g/mol. The molecule has 0 saturated carbocycles. The minimum Gasteiger partial charge on any atom is -0.478 e. The standard InChI is InChI=1S/C19H24BrNO4/c1-13(19(22)23)10-14-11-15(20)5-6-17(14)21-8-7-16(12-21)25-18-4-2-3-9-24-18/h5-6,10-11,16,18H,2-4,7-9,12H2,1H3,(H,22,23). The average Bonchev–Trinajstić information content (AvgIpc) is 3.04. The van der Waals surface area contributed by atoms with Crippen LogP contribution in [0.1, 0.15) is 38.2 Å². The molecule has 2 aliphatic rings. The molecule has 0 aromatic heterocycles. The van der Waals surface area contributed by atoms with Crippen LogP contribution in [-0.2, 0) is 14.3 Å². The first kappa shape index (κ1) is 18.4. The summed E-state index contributed by atoms with van der Waals surface area (Å²) in [6.45, 7) is 4.10. The van der Waals surface area contributed by atoms with Crippen LogP contribution in [0.15, 0.2) is 28.2 Å². The van der Waals surface area contributed by atoms with Crippen molar-refractivity contribution in [3.8, 4) is 0 Å². The maximum atomic E-state index is 11.2. The number of carboxylic acid groups (broad SMARTS) is 1. The summed E-state index contributed by atoms with van der Waals surface area (Å²) < 4.78 is 12.7. The van der Waals surface area contributed by atoms with Gasteiger partial charge in [0.1, 0.15) is 0 Å². The Kier molecular flexibility index (Phi) is 6.15. The minimum atomic E-state index is -0.900. The number of nitrogens with zero attached hydrogens (tertiary/aromatic N) is 1. The summed E-state index contributed by atoms with van der Waals surface area (Å²) in [4.78, 5) is 13.4. The summed E-state index contributed by atoms with van der Waals surface area (Å²) in [6, 6.07) is 5.98. The highest BCUT2D eigenvalue weighted by Gasteiger charge is 2.28. The zero-order valence-corrected chi connectivity index (χ0v) is 16.0. The van der Waals surface area contributed by atoms with E-state index in [9.17, 15) is 4.79 Å². The first-order valence-corrected chi connectivity index (χ1v) is 9.55. The number of benzene rings is 1. The third kappa shape index (κ3) is 4.84. The van der Waals surface area contributed by atoms with E-state index in [1.54, 1.807) is 13.0 Å². The van der Waals surface area contributed by atoms with Gasteiger partial charge in [0.2, 0.25) is 0 Å². The van der Waals surface area contributed by atoms with E-state index in [-0.39, 0.29) is 12.4 Å². The maximum absolute atomic E-state index is 11.2. The second-order valence-corrected chi connectivity index (χ2v) is 7.54. The number of carbonyl (C=O) groups is 1. The number of aliphatic carboxylic acids is 1. The predicted octanol–water partition coefficient (Wildman–Crippen LogP) is 4.06. The van der Waals surface area contributed by atoms with Gasteiger partial charge in [-0.25, -0.2) is 4.79 Å². The van der Waals surface area contributed by atoms with Crippen LogP contribution in [0, 0.1) is 0 Å². The summed E-state index contributed by atoms with van der Waals surface area (Å²) in [7, 11) is 0. The molecule has 0 bridgehead atoms. The number of hydrogen-bond acceptors (Lipinski definition) is 4. The molecule has 1 aromatic rings. The number of halogens is 1. The van der Waals surface area contributed by atoms with E-state index in [0.29, 0.717) is 5.57 Å². The third-order valence-corrected chi connectivity index (χ3v) is 5.16. The van der Waals surface area contributed by atoms with Crippen LogP contribution in [0.3, 0.4) is 0 Å². The molecule has 1 N–H and O–H groups in total. The van der Waals surface area contributed by atoms with Gasteiger partial charge in [0.15, 0.2) is 6.29 Å². The Hall–Kier alpha value is -1.37. The van der Waals surface area contributed by atoms with Gasteiger partial charge in [-0.1, -0.05) is 15.9 Å². The number of rotatable bonds is 5. The van der Waals surface area contributed by atoms with Gasteiger partial charge in [-0.3, -0.25) is 0 Å². The van der Waals surface area contributed by atoms with Crippen molar-refractivity contribution < 1.29 is 19.4 Å². The van der Waals surface area contributed by atoms with Crippen LogP contribution in [0.25, 0.3) is 6.08 Å². The summed E-state index contributed by atoms with van der Waals surface area (Å²) in [5.74, 6) is -0.900. The highest BCUT2D eigenvalue weighted by Crippen LogP contribution is 2.31. The smallest absolute Gasteiger partial charge is 0.331 e. The molecule has 0 amide bonds. The van der Waals surface area contributed by atoms with Crippen LogP contribution in [0.2, 0.25) is 0 Å². The van der Waals surface area contributed by atoms with Gasteiger partial charge in [-0.15, -0.1) is 0 Å². The largest absolute Gasteiger partial charge is 0.478 e. The molecular weight excluding hydrogens is 386 g/mol. The molecule has 2 fully saturated rings. The van der Waals surface area contributed by atoms with Crippen molar-refractivity contribution in [2.45, 2.75) is 45.0 Å². The summed E-state index contributed by atoms with van der Waals surface area (Å²) in [5.41, 5.74) is 2.27. The fraction of sp³-hybridized carbons (Fsp3) is 0.526. The zero-order chi connectivity index (χ0) is 17.8. The molecule has 2 aliphatic heterocycles. The molecule has 0 radical (unpaired) electrons. The highest BCUT2D eigenvalue weighted by atomic mass is 79.9. The lowest BCUT2D eigenvalue weighted by atomic mass is 10.1. The lowest BCUT2D eigenvalue weighted by molar-refractivity contribution is -0.183. The molecule has 5 nitrogen and oxygen atoms in total. The van der Waals surface area contributed by atoms with Gasteiger partial charge in [0.25, 0.3) is 0 Å². The molecule has 2 saturated heterocycles. The number of anilines is 1. The normalized spacial score (nSPS) is 24.6. The molecule has 136 valence electrons. The van der Waals surface area contributed by atoms with E-state index in [0.717, 1.165) is 61.1 Å². The molecule has 3 rings (SSSR count). The minimum absolute atomic E-state index is 0.0720. The number of carboxylic acids is 1. The van der Waals surface area contributed by atoms with E-state index >= 15 is 0 Å². The van der Waals surface area contributed by atoms with Gasteiger partial charge < -0.3 is 19.5 Å². The van der Waals surface area contributed by atoms with E-state index in [1.165, 1.54) is 0 Å². The molecule has 2 atom stereocenters. The summed E-state index contributed by atoms with van der Waals surface area (Å²) in [5, 5.41) is 9.17. The molecule has 0 spiro atoms. The predicted molar refractivity (Wildman–Crippen MR) is 101 cm³/mol. The van der Waals surface area contributed by atoms with E-state index in [4.69, 9.17) is 14.6 Å². The van der Waals surface area contributed by atoms with E-state index in [1.807, 2.05) is 18.2 Å². The van der Waals surface area contributed by atoms with Gasteiger partial charge in [-0.05, 0) is 62.4 Å². The quantitative estimate of drug-likeness (QED) is 0.742. The molecule has 1 aromatic carbocycles. The first-order chi connectivity index (χ1) is 12.0. The molecule has 2 heterocycles. The van der Waals surface area contributed by atoms with E-state index < -0.39 is 5.97 Å². The van der Waals surface area contributed by atoms with Crippen LogP contribution < -0.4 is 4.90 Å². The summed E-state index contributed by atoms with van der Waals surface area (Å²) >= 11 is 3.47. The van der Waals surface area contributed by atoms with E-state index in [2.05, 4.69) is 20.8 Å². The Morgan fingerprint density at radius 3 is 2.96 bits per heavy atom. The molecule has 0 aliphatic carbocycles. The number of hydrogen-bond donors (Lipinski definition) is 1. The summed E-state index contributed by atoms with van der Waals surface area (Å²) in [6.07, 6.45) is 6.02. The van der Waals surface area contributed by atoms with Crippen molar-refractivity contribution in [3.63, 3.8) is 0 Å². The van der Waals surface area contributed by atoms with Gasteiger partial charge in [-0.2, -0.15) is 0 Å². The topological polar surface area (TPSA) is 59.0 Å². The highest BCUT2D eigenvalue weighted by molar-refractivity contribution is 9.10. The average molecular weight is 410 g/mol. The molecule has 2 unspecified atom stereocenters. The Labute approximate surface area is 156 Å². The second kappa shape index (κ2) is 8.34. The van der Waals surface area contributed by atoms with Crippen molar-refractivity contribution in [3.05, 3.63) is 33.8 Å². The van der Waals surface area contributed by atoms with Crippen LogP contribution >= 0.6 is 15.9 Å². The molecule has 25 heavy (non-hydrogen) atoms. The molecular formula is C19H24BrNO4. The Morgan fingerprint density at radius 2 is 2.24 bits per heavy atom. The zero-order valence-electron chi connectivity index (χ0n) is 14.4. The van der Waals surface area contributed by atoms with Gasteiger partial charge >= 0.3 is 5.97 Å². The fourth-order valence-electron chi connectivity index (χ4n) is 3.32. The van der Waals surface area contributed by atoms with Gasteiger partial charge in [0, 0.05) is 35.4 Å². The second-order valence-electron chi connectivity index (χ2n) is 6.62. The Bertz CT molecular complexity index is 655. The van der Waals surface area contributed by atoms with Crippen molar-refractivity contribution in [2.24, 2.45) is 0 Å². The van der Waals surface area contributed by atoms with Gasteiger partial charge in [0.05, 0.1) is 6.10 Å². The molecule has 6 heteroatoms. The van der Waals surface area contributed by atoms with Crippen molar-refractivity contribution in [2.75, 3.05) is 24.6 Å². The third-order valence-electron chi connectivity index (χ3n) is 4.67. The SMILES string of the molecule is CC(=Cc1cc(Br)ccc1N1CCC(OC2CCCCO2)C1)C(=O)O. The Morgan fingerprint density at radius 1 is 1.40 bits per heavy atom. The Balaban J connectivity index is 1.71. The van der Waals surface area contributed by atoms with Crippen molar-refractivity contribution in [1.29, 1.82) is 0 Å². The fourth-order valence-corrected chi connectivity index (χ4v) is 3.69. The number of ether oxygens (including phenoxy) is 2. The lowest BCUT2D eigenvalue weighted by Gasteiger charge is -2.26. The van der Waals surface area contributed by atoms with Crippen LogP contribution in [-0.4, -0.2) is 43.2 Å². The van der Waals surface area contributed by atoms with Crippen LogP contribution in [0.5, 0.6) is 0 Å². The lowest BCUT2D eigenvalue weighted by Crippen LogP contribution is -2.30. The van der Waals surface area contributed by atoms with Crippen molar-refractivity contribution >= 4 is 33.7 Å². The maximum Gasteiger partial charge on any atom is 0.331 e. The van der Waals surface area contributed by atoms with Crippen LogP contribution in [0.4, 0.5) is 5.69 Å².